The topological polar surface area (TPSA) is 51.6 Å². The Balaban J connectivity index is 1.60. The van der Waals surface area contributed by atoms with Crippen molar-refractivity contribution in [1.82, 2.24) is 19.9 Å². The fourth-order valence-corrected chi connectivity index (χ4v) is 4.11. The summed E-state index contributed by atoms with van der Waals surface area (Å²) in [5.41, 5.74) is 3.86. The lowest BCUT2D eigenvalue weighted by molar-refractivity contribution is 1.05. The third-order valence-electron chi connectivity index (χ3n) is 3.71. The molecule has 3 heterocycles. The van der Waals surface area contributed by atoms with Crippen molar-refractivity contribution in [3.8, 4) is 0 Å². The minimum atomic E-state index is 0.743. The van der Waals surface area contributed by atoms with E-state index in [2.05, 4.69) is 9.97 Å². The fourth-order valence-electron chi connectivity index (χ4n) is 2.45. The number of hydrogen-bond donors (Lipinski definition) is 0. The van der Waals surface area contributed by atoms with Gasteiger partial charge in [0, 0.05) is 23.9 Å². The summed E-state index contributed by atoms with van der Waals surface area (Å²) in [5.74, 6) is 1.49. The van der Waals surface area contributed by atoms with E-state index in [1.807, 2.05) is 73.1 Å². The largest absolute Gasteiger partial charge is 0.250 e. The summed E-state index contributed by atoms with van der Waals surface area (Å²) >= 11 is 3.36. The van der Waals surface area contributed by atoms with Crippen molar-refractivity contribution in [2.75, 3.05) is 0 Å². The number of fused-ring (bicyclic) bond motifs is 1. The number of benzene rings is 1. The van der Waals surface area contributed by atoms with Crippen molar-refractivity contribution in [2.45, 2.75) is 21.6 Å². The van der Waals surface area contributed by atoms with Crippen LogP contribution in [0.5, 0.6) is 0 Å². The van der Waals surface area contributed by atoms with Crippen LogP contribution in [-0.2, 0) is 11.5 Å². The van der Waals surface area contributed by atoms with E-state index in [1.165, 1.54) is 0 Å². The Kier molecular flexibility index (Phi) is 5.42. The molecule has 0 N–H and O–H groups in total. The lowest BCUT2D eigenvalue weighted by Gasteiger charge is -2.09. The van der Waals surface area contributed by atoms with Gasteiger partial charge in [0.2, 0.25) is 0 Å². The number of thioether (sulfide) groups is 2. The first-order valence-electron chi connectivity index (χ1n) is 8.21. The normalized spacial score (nSPS) is 10.9. The maximum Gasteiger partial charge on any atom is 0.0963 e. The van der Waals surface area contributed by atoms with E-state index in [1.54, 1.807) is 23.5 Å². The van der Waals surface area contributed by atoms with Crippen LogP contribution in [0.2, 0.25) is 0 Å². The molecule has 0 spiro atoms. The first-order valence-corrected chi connectivity index (χ1v) is 10.2. The Bertz CT molecular complexity index is 912. The third-order valence-corrected chi connectivity index (χ3v) is 5.62. The lowest BCUT2D eigenvalue weighted by atomic mass is 10.2. The lowest BCUT2D eigenvalue weighted by Crippen LogP contribution is -2.01. The van der Waals surface area contributed by atoms with Crippen LogP contribution in [0.25, 0.3) is 11.0 Å². The van der Waals surface area contributed by atoms with Gasteiger partial charge in [-0.1, -0.05) is 47.8 Å². The second kappa shape index (κ2) is 8.29. The molecule has 0 amide bonds. The highest BCUT2D eigenvalue weighted by atomic mass is 32.2. The summed E-state index contributed by atoms with van der Waals surface area (Å²) in [5, 5.41) is 1.98. The van der Waals surface area contributed by atoms with Crippen LogP contribution in [0.15, 0.2) is 83.1 Å². The van der Waals surface area contributed by atoms with Crippen molar-refractivity contribution >= 4 is 34.6 Å². The number of aromatic nitrogens is 4. The summed E-state index contributed by atoms with van der Waals surface area (Å²) in [6.45, 7) is 0. The Morgan fingerprint density at radius 2 is 1.04 bits per heavy atom. The summed E-state index contributed by atoms with van der Waals surface area (Å²) < 4.78 is 0. The monoisotopic (exact) mass is 376 g/mol. The van der Waals surface area contributed by atoms with E-state index >= 15 is 0 Å². The third kappa shape index (κ3) is 4.20. The van der Waals surface area contributed by atoms with Gasteiger partial charge in [0.05, 0.1) is 32.5 Å². The average molecular weight is 377 g/mol. The van der Waals surface area contributed by atoms with Crippen LogP contribution in [0.4, 0.5) is 0 Å². The molecule has 0 atom stereocenters. The number of para-hydroxylation sites is 2. The van der Waals surface area contributed by atoms with E-state index in [0.29, 0.717) is 0 Å². The minimum absolute atomic E-state index is 0.743. The maximum absolute atomic E-state index is 4.86. The quantitative estimate of drug-likeness (QED) is 0.441. The van der Waals surface area contributed by atoms with Gasteiger partial charge in [-0.05, 0) is 36.4 Å². The molecule has 0 aliphatic carbocycles. The Morgan fingerprint density at radius 3 is 1.46 bits per heavy atom. The van der Waals surface area contributed by atoms with Crippen LogP contribution in [0.1, 0.15) is 11.4 Å². The van der Waals surface area contributed by atoms with Gasteiger partial charge >= 0.3 is 0 Å². The number of pyridine rings is 2. The molecule has 0 radical (unpaired) electrons. The molecule has 0 saturated carbocycles. The molecular weight excluding hydrogens is 360 g/mol. The van der Waals surface area contributed by atoms with E-state index in [-0.39, 0.29) is 0 Å². The molecule has 0 unspecified atom stereocenters. The molecule has 1 aromatic carbocycles. The second-order valence-electron chi connectivity index (χ2n) is 5.52. The summed E-state index contributed by atoms with van der Waals surface area (Å²) in [6.07, 6.45) is 3.62. The van der Waals surface area contributed by atoms with Gasteiger partial charge in [-0.2, -0.15) is 0 Å². The smallest absolute Gasteiger partial charge is 0.0963 e. The first-order chi connectivity index (χ1) is 12.9. The fraction of sp³-hybridized carbons (Fsp3) is 0.100. The SMILES string of the molecule is c1ccc(SCc2nc3ccccc3nc2CSc2ccccn2)nc1. The van der Waals surface area contributed by atoms with Crippen LogP contribution in [0, 0.1) is 0 Å². The van der Waals surface area contributed by atoms with E-state index in [4.69, 9.17) is 9.97 Å². The van der Waals surface area contributed by atoms with Gasteiger partial charge in [0.25, 0.3) is 0 Å². The van der Waals surface area contributed by atoms with Gasteiger partial charge in [0.15, 0.2) is 0 Å². The number of nitrogens with zero attached hydrogens (tertiary/aromatic N) is 4. The molecule has 0 saturated heterocycles. The van der Waals surface area contributed by atoms with Gasteiger partial charge in [-0.25, -0.2) is 19.9 Å². The first kappa shape index (κ1) is 17.0. The summed E-state index contributed by atoms with van der Waals surface area (Å²) in [6, 6.07) is 19.9. The van der Waals surface area contributed by atoms with Crippen molar-refractivity contribution in [1.29, 1.82) is 0 Å². The zero-order valence-corrected chi connectivity index (χ0v) is 15.6. The highest BCUT2D eigenvalue weighted by molar-refractivity contribution is 7.98. The zero-order chi connectivity index (χ0) is 17.6. The molecule has 4 nitrogen and oxygen atoms in total. The minimum Gasteiger partial charge on any atom is -0.250 e. The van der Waals surface area contributed by atoms with Crippen molar-refractivity contribution in [3.05, 3.63) is 84.4 Å². The molecule has 0 aliphatic rings. The molecule has 0 fully saturated rings. The van der Waals surface area contributed by atoms with Crippen molar-refractivity contribution < 1.29 is 0 Å². The average Bonchev–Trinajstić information content (AvgIpc) is 2.72. The van der Waals surface area contributed by atoms with Crippen LogP contribution in [-0.4, -0.2) is 19.9 Å². The molecule has 4 rings (SSSR count). The predicted molar refractivity (Wildman–Crippen MR) is 107 cm³/mol. The molecule has 128 valence electrons. The molecule has 26 heavy (non-hydrogen) atoms. The Morgan fingerprint density at radius 1 is 0.577 bits per heavy atom. The van der Waals surface area contributed by atoms with E-state index in [0.717, 1.165) is 44.0 Å². The molecular formula is C20H16N4S2. The van der Waals surface area contributed by atoms with Crippen molar-refractivity contribution in [3.63, 3.8) is 0 Å². The second-order valence-corrected chi connectivity index (χ2v) is 7.51. The molecule has 0 bridgehead atoms. The van der Waals surface area contributed by atoms with Gasteiger partial charge in [-0.15, -0.1) is 0 Å². The van der Waals surface area contributed by atoms with Crippen molar-refractivity contribution in [2.24, 2.45) is 0 Å². The van der Waals surface area contributed by atoms with Gasteiger partial charge in [0.1, 0.15) is 0 Å². The molecule has 3 aromatic heterocycles. The number of hydrogen-bond acceptors (Lipinski definition) is 6. The highest BCUT2D eigenvalue weighted by Crippen LogP contribution is 2.26. The van der Waals surface area contributed by atoms with Crippen LogP contribution >= 0.6 is 23.5 Å². The summed E-state index contributed by atoms with van der Waals surface area (Å²) in [4.78, 5) is 18.5. The summed E-state index contributed by atoms with van der Waals surface area (Å²) in [7, 11) is 0. The van der Waals surface area contributed by atoms with Gasteiger partial charge < -0.3 is 0 Å². The number of rotatable bonds is 6. The zero-order valence-electron chi connectivity index (χ0n) is 13.9. The standard InChI is InChI=1S/C20H16N4S2/c1-2-8-16-15(7-1)23-17(13-25-19-9-3-5-11-21-19)18(24-16)14-26-20-10-4-6-12-22-20/h1-12H,13-14H2. The molecule has 6 heteroatoms. The van der Waals surface area contributed by atoms with Gasteiger partial charge in [-0.3, -0.25) is 0 Å². The van der Waals surface area contributed by atoms with E-state index < -0.39 is 0 Å². The Labute approximate surface area is 160 Å². The van der Waals surface area contributed by atoms with Crippen LogP contribution in [0.3, 0.4) is 0 Å². The predicted octanol–water partition coefficient (Wildman–Crippen LogP) is 5.00. The Hall–Kier alpha value is -2.44. The molecule has 4 aromatic rings. The van der Waals surface area contributed by atoms with E-state index in [9.17, 15) is 0 Å². The maximum atomic E-state index is 4.86. The molecule has 0 aliphatic heterocycles. The highest BCUT2D eigenvalue weighted by Gasteiger charge is 2.11. The van der Waals surface area contributed by atoms with Crippen LogP contribution < -0.4 is 0 Å².